The summed E-state index contributed by atoms with van der Waals surface area (Å²) in [5.41, 5.74) is 7.25. The van der Waals surface area contributed by atoms with Gasteiger partial charge >= 0.3 is 0 Å². The molecule has 2 unspecified atom stereocenters. The third-order valence-corrected chi connectivity index (χ3v) is 3.51. The summed E-state index contributed by atoms with van der Waals surface area (Å²) in [5, 5.41) is 0. The maximum absolute atomic E-state index is 6.36. The molecule has 1 aromatic carbocycles. The standard InChI is InChI=1S/C14H21NO3/c1-16-10-5-4-6-11(17-2)12(10)13(15)14(18-3)9-7-8-9/h4-6,9,13-14H,7-8,15H2,1-3H3. The number of nitrogens with two attached hydrogens (primary N) is 1. The van der Waals surface area contributed by atoms with E-state index in [1.165, 1.54) is 12.8 Å². The average molecular weight is 251 g/mol. The fraction of sp³-hybridized carbons (Fsp3) is 0.571. The summed E-state index contributed by atoms with van der Waals surface area (Å²) >= 11 is 0. The van der Waals surface area contributed by atoms with Crippen molar-refractivity contribution in [2.75, 3.05) is 21.3 Å². The fourth-order valence-electron chi connectivity index (χ4n) is 2.43. The van der Waals surface area contributed by atoms with E-state index in [0.29, 0.717) is 5.92 Å². The molecular weight excluding hydrogens is 230 g/mol. The molecule has 1 saturated carbocycles. The first-order valence-electron chi connectivity index (χ1n) is 6.22. The van der Waals surface area contributed by atoms with Crippen LogP contribution in [0.5, 0.6) is 11.5 Å². The van der Waals surface area contributed by atoms with Gasteiger partial charge in [0, 0.05) is 7.11 Å². The lowest BCUT2D eigenvalue weighted by molar-refractivity contribution is 0.0610. The van der Waals surface area contributed by atoms with Crippen LogP contribution in [0.25, 0.3) is 0 Å². The van der Waals surface area contributed by atoms with E-state index < -0.39 is 0 Å². The molecule has 2 rings (SSSR count). The Morgan fingerprint density at radius 3 is 2.06 bits per heavy atom. The summed E-state index contributed by atoms with van der Waals surface area (Å²) in [6.07, 6.45) is 2.39. The Kier molecular flexibility index (Phi) is 4.09. The molecule has 4 nitrogen and oxygen atoms in total. The third kappa shape index (κ3) is 2.44. The van der Waals surface area contributed by atoms with Crippen LogP contribution in [-0.4, -0.2) is 27.4 Å². The zero-order valence-corrected chi connectivity index (χ0v) is 11.2. The van der Waals surface area contributed by atoms with Crippen LogP contribution < -0.4 is 15.2 Å². The first-order chi connectivity index (χ1) is 8.72. The average Bonchev–Trinajstić information content (AvgIpc) is 3.22. The lowest BCUT2D eigenvalue weighted by Crippen LogP contribution is -2.30. The van der Waals surface area contributed by atoms with Gasteiger partial charge in [-0.25, -0.2) is 0 Å². The molecule has 0 aliphatic heterocycles. The van der Waals surface area contributed by atoms with Crippen molar-refractivity contribution in [1.29, 1.82) is 0 Å². The summed E-state index contributed by atoms with van der Waals surface area (Å²) in [6, 6.07) is 5.47. The molecule has 4 heteroatoms. The van der Waals surface area contributed by atoms with Crippen molar-refractivity contribution in [1.82, 2.24) is 0 Å². The number of hydrogen-bond acceptors (Lipinski definition) is 4. The molecule has 0 heterocycles. The maximum atomic E-state index is 6.36. The second-order valence-corrected chi connectivity index (χ2v) is 4.64. The van der Waals surface area contributed by atoms with E-state index >= 15 is 0 Å². The summed E-state index contributed by atoms with van der Waals surface area (Å²) in [4.78, 5) is 0. The Morgan fingerprint density at radius 2 is 1.67 bits per heavy atom. The van der Waals surface area contributed by atoms with Crippen molar-refractivity contribution >= 4 is 0 Å². The van der Waals surface area contributed by atoms with E-state index in [0.717, 1.165) is 17.1 Å². The van der Waals surface area contributed by atoms with Gasteiger partial charge in [0.1, 0.15) is 11.5 Å². The van der Waals surface area contributed by atoms with Crippen molar-refractivity contribution in [3.05, 3.63) is 23.8 Å². The Hall–Kier alpha value is -1.26. The molecule has 100 valence electrons. The molecular formula is C14H21NO3. The van der Waals surface area contributed by atoms with Gasteiger partial charge in [0.2, 0.25) is 0 Å². The quantitative estimate of drug-likeness (QED) is 0.841. The SMILES string of the molecule is COc1cccc(OC)c1C(N)C(OC)C1CC1. The maximum Gasteiger partial charge on any atom is 0.127 e. The number of ether oxygens (including phenoxy) is 3. The predicted octanol–water partition coefficient (Wildman–Crippen LogP) is 2.13. The molecule has 1 fully saturated rings. The van der Waals surface area contributed by atoms with E-state index in [1.54, 1.807) is 21.3 Å². The lowest BCUT2D eigenvalue weighted by atomic mass is 9.97. The topological polar surface area (TPSA) is 53.7 Å². The molecule has 2 atom stereocenters. The summed E-state index contributed by atoms with van der Waals surface area (Å²) < 4.78 is 16.3. The molecule has 0 spiro atoms. The molecule has 1 aromatic rings. The molecule has 1 aliphatic carbocycles. The van der Waals surface area contributed by atoms with Crippen LogP contribution in [0.2, 0.25) is 0 Å². The van der Waals surface area contributed by atoms with Crippen molar-refractivity contribution < 1.29 is 14.2 Å². The van der Waals surface area contributed by atoms with Crippen LogP contribution in [0.3, 0.4) is 0 Å². The fourth-order valence-corrected chi connectivity index (χ4v) is 2.43. The summed E-state index contributed by atoms with van der Waals surface area (Å²) in [5.74, 6) is 2.06. The highest BCUT2D eigenvalue weighted by Crippen LogP contribution is 2.43. The van der Waals surface area contributed by atoms with E-state index in [4.69, 9.17) is 19.9 Å². The van der Waals surface area contributed by atoms with Gasteiger partial charge in [0.05, 0.1) is 31.9 Å². The molecule has 0 amide bonds. The highest BCUT2D eigenvalue weighted by Gasteiger charge is 2.37. The van der Waals surface area contributed by atoms with E-state index in [2.05, 4.69) is 0 Å². The first-order valence-corrected chi connectivity index (χ1v) is 6.22. The van der Waals surface area contributed by atoms with E-state index in [1.807, 2.05) is 18.2 Å². The van der Waals surface area contributed by atoms with Crippen molar-refractivity contribution in [3.63, 3.8) is 0 Å². The van der Waals surface area contributed by atoms with Crippen LogP contribution >= 0.6 is 0 Å². The van der Waals surface area contributed by atoms with Crippen molar-refractivity contribution in [3.8, 4) is 11.5 Å². The molecule has 1 aliphatic rings. The van der Waals surface area contributed by atoms with Gasteiger partial charge in [0.15, 0.2) is 0 Å². The lowest BCUT2D eigenvalue weighted by Gasteiger charge is -2.25. The van der Waals surface area contributed by atoms with Crippen LogP contribution in [-0.2, 0) is 4.74 Å². The van der Waals surface area contributed by atoms with Crippen LogP contribution in [0.15, 0.2) is 18.2 Å². The molecule has 18 heavy (non-hydrogen) atoms. The van der Waals surface area contributed by atoms with Crippen LogP contribution in [0.1, 0.15) is 24.4 Å². The summed E-state index contributed by atoms with van der Waals surface area (Å²) in [6.45, 7) is 0. The van der Waals surface area contributed by atoms with E-state index in [9.17, 15) is 0 Å². The number of benzene rings is 1. The monoisotopic (exact) mass is 251 g/mol. The zero-order valence-electron chi connectivity index (χ0n) is 11.2. The molecule has 0 aromatic heterocycles. The van der Waals surface area contributed by atoms with Gasteiger partial charge in [-0.05, 0) is 30.9 Å². The minimum Gasteiger partial charge on any atom is -0.496 e. The van der Waals surface area contributed by atoms with Crippen molar-refractivity contribution in [2.24, 2.45) is 11.7 Å². The van der Waals surface area contributed by atoms with Crippen LogP contribution in [0, 0.1) is 5.92 Å². The minimum absolute atomic E-state index is 0.0233. The van der Waals surface area contributed by atoms with Gasteiger partial charge in [-0.1, -0.05) is 6.07 Å². The predicted molar refractivity (Wildman–Crippen MR) is 70.0 cm³/mol. The molecule has 2 N–H and O–H groups in total. The summed E-state index contributed by atoms with van der Waals surface area (Å²) in [7, 11) is 5.00. The Morgan fingerprint density at radius 1 is 1.11 bits per heavy atom. The molecule has 0 saturated heterocycles. The largest absolute Gasteiger partial charge is 0.496 e. The second-order valence-electron chi connectivity index (χ2n) is 4.64. The highest BCUT2D eigenvalue weighted by molar-refractivity contribution is 5.47. The number of hydrogen-bond donors (Lipinski definition) is 1. The first kappa shape index (κ1) is 13.2. The van der Waals surface area contributed by atoms with Gasteiger partial charge in [-0.15, -0.1) is 0 Å². The van der Waals surface area contributed by atoms with Gasteiger partial charge < -0.3 is 19.9 Å². The molecule has 0 bridgehead atoms. The van der Waals surface area contributed by atoms with Gasteiger partial charge in [0.25, 0.3) is 0 Å². The second kappa shape index (κ2) is 5.59. The third-order valence-electron chi connectivity index (χ3n) is 3.51. The number of rotatable bonds is 6. The smallest absolute Gasteiger partial charge is 0.127 e. The minimum atomic E-state index is -0.228. The van der Waals surface area contributed by atoms with Crippen molar-refractivity contribution in [2.45, 2.75) is 25.0 Å². The van der Waals surface area contributed by atoms with Gasteiger partial charge in [-0.2, -0.15) is 0 Å². The Labute approximate surface area is 108 Å². The Bertz CT molecular complexity index is 382. The molecule has 0 radical (unpaired) electrons. The zero-order chi connectivity index (χ0) is 13.1. The highest BCUT2D eigenvalue weighted by atomic mass is 16.5. The van der Waals surface area contributed by atoms with Gasteiger partial charge in [-0.3, -0.25) is 0 Å². The Balaban J connectivity index is 2.34. The van der Waals surface area contributed by atoms with E-state index in [-0.39, 0.29) is 12.1 Å². The van der Waals surface area contributed by atoms with Crippen LogP contribution in [0.4, 0.5) is 0 Å². The number of methoxy groups -OCH3 is 3. The normalized spacial score (nSPS) is 18.2.